The van der Waals surface area contributed by atoms with E-state index in [-0.39, 0.29) is 16.4 Å². The molecular weight excluding hydrogens is 416 g/mol. The number of likely N-dealkylation sites (N-methyl/N-ethyl adjacent to an activating group) is 1. The minimum absolute atomic E-state index is 0.0723. The van der Waals surface area contributed by atoms with Gasteiger partial charge in [-0.25, -0.2) is 0 Å². The smallest absolute Gasteiger partial charge is 0.161 e. The fourth-order valence-corrected chi connectivity index (χ4v) is 2.69. The number of aryl methyl sites for hydroxylation is 1. The van der Waals surface area contributed by atoms with Crippen LogP contribution in [0.3, 0.4) is 0 Å². The second-order valence-electron chi connectivity index (χ2n) is 6.45. The van der Waals surface area contributed by atoms with Crippen LogP contribution in [0.15, 0.2) is 36.4 Å². The van der Waals surface area contributed by atoms with Crippen molar-refractivity contribution in [2.75, 3.05) is 48.3 Å². The average molecular weight is 477 g/mol. The predicted molar refractivity (Wildman–Crippen MR) is 132 cm³/mol. The number of ether oxygens (including phenoxy) is 4. The summed E-state index contributed by atoms with van der Waals surface area (Å²) in [6.07, 6.45) is -12.2. The fraction of sp³-hybridized carbons (Fsp3) is 0.519. The minimum Gasteiger partial charge on any atom is -0.493 e. The van der Waals surface area contributed by atoms with Crippen molar-refractivity contribution >= 4 is 0 Å². The molecule has 0 aliphatic heterocycles. The van der Waals surface area contributed by atoms with Gasteiger partial charge in [0, 0.05) is 28.4 Å². The van der Waals surface area contributed by atoms with E-state index in [4.69, 9.17) is 49.1 Å². The van der Waals surface area contributed by atoms with E-state index in [1.165, 1.54) is 13.2 Å². The van der Waals surface area contributed by atoms with E-state index in [2.05, 4.69) is 0 Å². The first-order valence-electron chi connectivity index (χ1n) is 20.3. The van der Waals surface area contributed by atoms with E-state index in [0.29, 0.717) is 13.1 Å². The van der Waals surface area contributed by atoms with Crippen molar-refractivity contribution in [1.29, 1.82) is 5.26 Å². The lowest BCUT2D eigenvalue weighted by Crippen LogP contribution is -2.32. The molecule has 0 aromatic heterocycles. The van der Waals surface area contributed by atoms with Crippen LogP contribution in [0.4, 0.5) is 0 Å². The van der Waals surface area contributed by atoms with Gasteiger partial charge < -0.3 is 23.8 Å². The largest absolute Gasteiger partial charge is 0.493 e. The Morgan fingerprint density at radius 1 is 0.970 bits per heavy atom. The van der Waals surface area contributed by atoms with Gasteiger partial charge in [0.25, 0.3) is 0 Å². The second kappa shape index (κ2) is 12.4. The maximum absolute atomic E-state index is 10.8. The van der Waals surface area contributed by atoms with Crippen LogP contribution < -0.4 is 18.9 Å². The monoisotopic (exact) mass is 476 g/mol. The van der Waals surface area contributed by atoms with Gasteiger partial charge >= 0.3 is 0 Å². The molecule has 0 N–H and O–H groups in total. The zero-order valence-corrected chi connectivity index (χ0v) is 18.1. The normalized spacial score (nSPS) is 26.4. The Kier molecular flexibility index (Phi) is 3.38. The molecule has 0 heterocycles. The molecule has 2 aromatic carbocycles. The number of benzene rings is 2. The van der Waals surface area contributed by atoms with Gasteiger partial charge in [0.05, 0.1) is 48.0 Å². The van der Waals surface area contributed by atoms with Crippen molar-refractivity contribution in [3.63, 3.8) is 0 Å². The number of rotatable bonds is 13. The standard InChI is InChI=1S/C27H38N2O4/c1-20(2)27(19-28,22-10-12-24(31-5)26(18-22)33-7)14-8-15-29(3)16-13-21-9-11-23(30-4)25(17-21)32-6/h9-12,17-18,20H,8,13-16H2,1-7H3/i1D3,2D3,4D3,6D3,8D2,13D2,14D2,15D2,16D2. The molecule has 0 radical (unpaired) electrons. The Labute approximate surface area is 229 Å². The number of nitriles is 1. The van der Waals surface area contributed by atoms with Gasteiger partial charge in [-0.3, -0.25) is 0 Å². The molecule has 6 nitrogen and oxygen atoms in total. The van der Waals surface area contributed by atoms with Gasteiger partial charge in [0.15, 0.2) is 23.0 Å². The first-order chi connectivity index (χ1) is 24.3. The molecule has 0 aliphatic carbocycles. The van der Waals surface area contributed by atoms with Crippen molar-refractivity contribution < 1.29 is 49.1 Å². The lowest BCUT2D eigenvalue weighted by Gasteiger charge is -2.32. The van der Waals surface area contributed by atoms with Crippen LogP contribution in [0.25, 0.3) is 0 Å². The first kappa shape index (κ1) is 9.03. The van der Waals surface area contributed by atoms with Gasteiger partial charge in [-0.1, -0.05) is 25.8 Å². The zero-order valence-electron chi connectivity index (χ0n) is 40.1. The summed E-state index contributed by atoms with van der Waals surface area (Å²) in [7, 11) is -3.71. The van der Waals surface area contributed by atoms with E-state index in [1.807, 2.05) is 0 Å². The summed E-state index contributed by atoms with van der Waals surface area (Å²) in [5, 5.41) is 10.8. The van der Waals surface area contributed by atoms with Crippen molar-refractivity contribution in [3.8, 4) is 29.1 Å². The minimum atomic E-state index is -4.34. The van der Waals surface area contributed by atoms with Gasteiger partial charge in [-0.15, -0.1) is 0 Å². The van der Waals surface area contributed by atoms with E-state index in [0.717, 1.165) is 37.4 Å². The Balaban J connectivity index is 2.98. The first-order valence-corrected chi connectivity index (χ1v) is 9.25. The Hall–Kier alpha value is -2.91. The molecule has 1 unspecified atom stereocenters. The van der Waals surface area contributed by atoms with Crippen molar-refractivity contribution in [2.45, 2.75) is 38.2 Å². The maximum atomic E-state index is 10.8. The Bertz CT molecular complexity index is 1710. The predicted octanol–water partition coefficient (Wildman–Crippen LogP) is 5.09. The number of nitrogens with zero attached hydrogens (tertiary/aromatic N) is 2. The van der Waals surface area contributed by atoms with Crippen LogP contribution >= 0.6 is 0 Å². The molecule has 0 saturated heterocycles. The quantitative estimate of drug-likeness (QED) is 0.401. The highest BCUT2D eigenvalue weighted by Crippen LogP contribution is 2.40. The van der Waals surface area contributed by atoms with E-state index < -0.39 is 93.9 Å². The summed E-state index contributed by atoms with van der Waals surface area (Å²) in [4.78, 5) is -0.245. The summed E-state index contributed by atoms with van der Waals surface area (Å²) in [5.74, 6) is -5.13. The highest BCUT2D eigenvalue weighted by atomic mass is 16.5. The molecule has 0 fully saturated rings. The van der Waals surface area contributed by atoms with Crippen molar-refractivity contribution in [3.05, 3.63) is 47.5 Å². The topological polar surface area (TPSA) is 64.0 Å². The lowest BCUT2D eigenvalue weighted by molar-refractivity contribution is 0.292. The molecule has 6 heteroatoms. The lowest BCUT2D eigenvalue weighted by atomic mass is 9.69. The Morgan fingerprint density at radius 3 is 2.30 bits per heavy atom. The van der Waals surface area contributed by atoms with Crippen LogP contribution in [0, 0.1) is 17.2 Å². The molecule has 33 heavy (non-hydrogen) atoms. The summed E-state index contributed by atoms with van der Waals surface area (Å²) < 4.78 is 202. The Morgan fingerprint density at radius 2 is 1.64 bits per heavy atom. The molecule has 0 amide bonds. The van der Waals surface area contributed by atoms with Crippen molar-refractivity contribution in [1.82, 2.24) is 4.90 Å². The number of methoxy groups -OCH3 is 4. The summed E-state index contributed by atoms with van der Waals surface area (Å²) in [6, 6.07) is 6.04. The number of hydrogen-bond acceptors (Lipinski definition) is 6. The third-order valence-corrected chi connectivity index (χ3v) is 4.46. The summed E-state index contributed by atoms with van der Waals surface area (Å²) >= 11 is 0. The molecule has 2 aromatic rings. The molecule has 0 bridgehead atoms. The summed E-state index contributed by atoms with van der Waals surface area (Å²) in [5.41, 5.74) is -5.34. The number of hydrogen-bond donors (Lipinski definition) is 0. The molecule has 0 spiro atoms. The highest BCUT2D eigenvalue weighted by Gasteiger charge is 2.36. The van der Waals surface area contributed by atoms with Gasteiger partial charge in [-0.05, 0) is 74.0 Å². The zero-order chi connectivity index (χ0) is 43.4. The van der Waals surface area contributed by atoms with Gasteiger partial charge in [-0.2, -0.15) is 5.26 Å². The molecule has 2 rings (SSSR count). The second-order valence-corrected chi connectivity index (χ2v) is 6.45. The molecule has 1 atom stereocenters. The van der Waals surface area contributed by atoms with Crippen LogP contribution in [0.1, 0.15) is 67.7 Å². The van der Waals surface area contributed by atoms with E-state index in [1.54, 1.807) is 0 Å². The molecule has 0 saturated carbocycles. The summed E-state index contributed by atoms with van der Waals surface area (Å²) in [6.45, 7) is -15.5. The third kappa shape index (κ3) is 6.33. The van der Waals surface area contributed by atoms with E-state index in [9.17, 15) is 5.26 Å². The molecule has 180 valence electrons. The highest BCUT2D eigenvalue weighted by molar-refractivity contribution is 5.47. The van der Waals surface area contributed by atoms with Crippen LogP contribution in [0.2, 0.25) is 0 Å². The third-order valence-electron chi connectivity index (χ3n) is 4.46. The van der Waals surface area contributed by atoms with Crippen LogP contribution in [-0.4, -0.2) is 53.2 Å². The van der Waals surface area contributed by atoms with Gasteiger partial charge in [0.1, 0.15) is 0 Å². The van der Waals surface area contributed by atoms with Crippen molar-refractivity contribution in [2.24, 2.45) is 5.92 Å². The molecular formula is C27H38N2O4. The fourth-order valence-electron chi connectivity index (χ4n) is 2.69. The van der Waals surface area contributed by atoms with E-state index >= 15 is 0 Å². The maximum Gasteiger partial charge on any atom is 0.161 e. The van der Waals surface area contributed by atoms with Gasteiger partial charge in [0.2, 0.25) is 0 Å². The average Bonchev–Trinajstić information content (AvgIpc) is 3.00. The SMILES string of the molecule is [2H]C([2H])([2H])Oc1ccc(C([2H])([2H])C([2H])([2H])N(C)C([2H])([2H])C([2H])([2H])C([2H])([2H])C(C#N)(c2ccc(OC)c(OC)c2)C(C([2H])([2H])[2H])C([2H])([2H])[2H])cc1OC([2H])([2H])[2H]. The molecule has 0 aliphatic rings. The van der Waals surface area contributed by atoms with Crippen LogP contribution in [0.5, 0.6) is 23.0 Å². The van der Waals surface area contributed by atoms with Crippen LogP contribution in [-0.2, 0) is 11.8 Å².